The molecule has 0 saturated carbocycles. The predicted octanol–water partition coefficient (Wildman–Crippen LogP) is 4.73. The summed E-state index contributed by atoms with van der Waals surface area (Å²) >= 11 is 0. The summed E-state index contributed by atoms with van der Waals surface area (Å²) in [6.07, 6.45) is 1.13. The zero-order chi connectivity index (χ0) is 14.5. The van der Waals surface area contributed by atoms with Crippen molar-refractivity contribution in [1.29, 1.82) is 0 Å². The van der Waals surface area contributed by atoms with Crippen molar-refractivity contribution in [3.05, 3.63) is 71.3 Å². The van der Waals surface area contributed by atoms with Gasteiger partial charge in [0.1, 0.15) is 11.6 Å². The van der Waals surface area contributed by atoms with Gasteiger partial charge in [-0.1, -0.05) is 19.1 Å². The highest BCUT2D eigenvalue weighted by molar-refractivity contribution is 5.96. The van der Waals surface area contributed by atoms with Gasteiger partial charge in [0.2, 0.25) is 0 Å². The highest BCUT2D eigenvalue weighted by Crippen LogP contribution is 2.25. The van der Waals surface area contributed by atoms with Crippen molar-refractivity contribution >= 4 is 5.78 Å². The van der Waals surface area contributed by atoms with E-state index in [2.05, 4.69) is 0 Å². The highest BCUT2D eigenvalue weighted by atomic mass is 19.1. The summed E-state index contributed by atoms with van der Waals surface area (Å²) in [5, 5.41) is 0. The zero-order valence-electron chi connectivity index (χ0n) is 11.3. The normalized spacial score (nSPS) is 12.2. The number of rotatable bonds is 5. The van der Waals surface area contributed by atoms with Crippen LogP contribution >= 0.6 is 0 Å². The van der Waals surface area contributed by atoms with Gasteiger partial charge in [0.25, 0.3) is 0 Å². The Morgan fingerprint density at radius 1 is 0.950 bits per heavy atom. The molecule has 0 radical (unpaired) electrons. The van der Waals surface area contributed by atoms with Crippen LogP contribution in [-0.2, 0) is 0 Å². The molecule has 1 atom stereocenters. The van der Waals surface area contributed by atoms with Gasteiger partial charge >= 0.3 is 0 Å². The van der Waals surface area contributed by atoms with Gasteiger partial charge in [-0.3, -0.25) is 4.79 Å². The molecule has 1 nitrogen and oxygen atoms in total. The summed E-state index contributed by atoms with van der Waals surface area (Å²) in [6, 6.07) is 11.8. The lowest BCUT2D eigenvalue weighted by atomic mass is 9.89. The van der Waals surface area contributed by atoms with E-state index >= 15 is 0 Å². The Morgan fingerprint density at radius 2 is 1.45 bits per heavy atom. The number of ketones is 1. The molecule has 0 fully saturated rings. The molecule has 0 spiro atoms. The van der Waals surface area contributed by atoms with Gasteiger partial charge in [-0.25, -0.2) is 8.78 Å². The van der Waals surface area contributed by atoms with Gasteiger partial charge in [-0.15, -0.1) is 0 Å². The van der Waals surface area contributed by atoms with Crippen LogP contribution in [0.5, 0.6) is 0 Å². The monoisotopic (exact) mass is 274 g/mol. The van der Waals surface area contributed by atoms with Crippen LogP contribution in [0.1, 0.15) is 41.6 Å². The molecule has 3 heteroatoms. The minimum absolute atomic E-state index is 0.0267. The molecule has 0 aromatic heterocycles. The average molecular weight is 274 g/mol. The molecule has 2 aromatic carbocycles. The van der Waals surface area contributed by atoms with E-state index in [-0.39, 0.29) is 23.3 Å². The van der Waals surface area contributed by atoms with Crippen molar-refractivity contribution in [2.75, 3.05) is 0 Å². The largest absolute Gasteiger partial charge is 0.294 e. The van der Waals surface area contributed by atoms with Crippen LogP contribution in [0.15, 0.2) is 48.5 Å². The molecule has 0 aliphatic heterocycles. The first-order chi connectivity index (χ1) is 9.60. The van der Waals surface area contributed by atoms with Gasteiger partial charge < -0.3 is 0 Å². The number of Topliss-reactive ketones (excluding diaryl/α,β-unsaturated/α-hetero) is 1. The van der Waals surface area contributed by atoms with Gasteiger partial charge in [0.15, 0.2) is 5.78 Å². The molecule has 104 valence electrons. The van der Waals surface area contributed by atoms with Crippen molar-refractivity contribution in [3.63, 3.8) is 0 Å². The van der Waals surface area contributed by atoms with E-state index in [0.29, 0.717) is 12.0 Å². The molecule has 0 aliphatic rings. The summed E-state index contributed by atoms with van der Waals surface area (Å²) in [5.41, 5.74) is 1.45. The third-order valence-corrected chi connectivity index (χ3v) is 3.43. The van der Waals surface area contributed by atoms with Crippen molar-refractivity contribution in [2.45, 2.75) is 25.7 Å². The number of halogens is 2. The van der Waals surface area contributed by atoms with Crippen LogP contribution in [0.4, 0.5) is 8.78 Å². The van der Waals surface area contributed by atoms with E-state index in [1.165, 1.54) is 36.4 Å². The molecule has 0 heterocycles. The molecule has 2 aromatic rings. The van der Waals surface area contributed by atoms with Crippen molar-refractivity contribution < 1.29 is 13.6 Å². The average Bonchev–Trinajstić information content (AvgIpc) is 2.46. The van der Waals surface area contributed by atoms with Crippen molar-refractivity contribution in [3.8, 4) is 0 Å². The number of carbonyl (C=O) groups excluding carboxylic acids is 1. The lowest BCUT2D eigenvalue weighted by Gasteiger charge is -2.14. The van der Waals surface area contributed by atoms with Gasteiger partial charge in [-0.2, -0.15) is 0 Å². The maximum absolute atomic E-state index is 12.9. The lowest BCUT2D eigenvalue weighted by molar-refractivity contribution is 0.0973. The van der Waals surface area contributed by atoms with Crippen LogP contribution in [0, 0.1) is 11.6 Å². The second-order valence-corrected chi connectivity index (χ2v) is 4.79. The first kappa shape index (κ1) is 14.4. The Balaban J connectivity index is 2.11. The first-order valence-corrected chi connectivity index (χ1v) is 6.64. The Kier molecular flexibility index (Phi) is 4.61. The smallest absolute Gasteiger partial charge is 0.163 e. The lowest BCUT2D eigenvalue weighted by Crippen LogP contribution is -2.07. The Bertz CT molecular complexity index is 573. The predicted molar refractivity (Wildman–Crippen MR) is 74.8 cm³/mol. The molecule has 20 heavy (non-hydrogen) atoms. The summed E-state index contributed by atoms with van der Waals surface area (Å²) in [4.78, 5) is 12.2. The second-order valence-electron chi connectivity index (χ2n) is 4.79. The van der Waals surface area contributed by atoms with Crippen LogP contribution in [0.3, 0.4) is 0 Å². The fourth-order valence-corrected chi connectivity index (χ4v) is 2.21. The van der Waals surface area contributed by atoms with Crippen LogP contribution in [0.25, 0.3) is 0 Å². The molecule has 0 N–H and O–H groups in total. The van der Waals surface area contributed by atoms with Gasteiger partial charge in [-0.05, 0) is 54.3 Å². The van der Waals surface area contributed by atoms with E-state index in [1.807, 2.05) is 6.92 Å². The minimum Gasteiger partial charge on any atom is -0.294 e. The van der Waals surface area contributed by atoms with Crippen molar-refractivity contribution in [2.24, 2.45) is 0 Å². The van der Waals surface area contributed by atoms with E-state index < -0.39 is 0 Å². The quantitative estimate of drug-likeness (QED) is 0.720. The molecule has 0 bridgehead atoms. The van der Waals surface area contributed by atoms with Crippen LogP contribution in [-0.4, -0.2) is 5.78 Å². The number of hydrogen-bond donors (Lipinski definition) is 0. The molecule has 1 unspecified atom stereocenters. The second kappa shape index (κ2) is 6.42. The summed E-state index contributed by atoms with van der Waals surface area (Å²) in [6.45, 7) is 1.99. The minimum atomic E-state index is -0.355. The third-order valence-electron chi connectivity index (χ3n) is 3.43. The molecule has 0 aliphatic carbocycles. The van der Waals surface area contributed by atoms with E-state index in [0.717, 1.165) is 12.0 Å². The third kappa shape index (κ3) is 3.50. The van der Waals surface area contributed by atoms with E-state index in [9.17, 15) is 13.6 Å². The molecule has 0 saturated heterocycles. The molecular weight excluding hydrogens is 258 g/mol. The SMILES string of the molecule is CCC(CC(=O)c1ccc(F)cc1)c1ccc(F)cc1. The van der Waals surface area contributed by atoms with Crippen LogP contribution in [0.2, 0.25) is 0 Å². The highest BCUT2D eigenvalue weighted by Gasteiger charge is 2.15. The zero-order valence-corrected chi connectivity index (χ0v) is 11.3. The maximum Gasteiger partial charge on any atom is 0.163 e. The Hall–Kier alpha value is -2.03. The molecule has 0 amide bonds. The number of benzene rings is 2. The van der Waals surface area contributed by atoms with Gasteiger partial charge in [0.05, 0.1) is 0 Å². The maximum atomic E-state index is 12.9. The van der Waals surface area contributed by atoms with Crippen molar-refractivity contribution in [1.82, 2.24) is 0 Å². The van der Waals surface area contributed by atoms with Crippen LogP contribution < -0.4 is 0 Å². The van der Waals surface area contributed by atoms with Gasteiger partial charge in [0, 0.05) is 12.0 Å². The Morgan fingerprint density at radius 3 is 1.95 bits per heavy atom. The fourth-order valence-electron chi connectivity index (χ4n) is 2.21. The summed E-state index contributed by atoms with van der Waals surface area (Å²) in [5.74, 6) is -0.616. The first-order valence-electron chi connectivity index (χ1n) is 6.64. The molecular formula is C17H16F2O. The number of carbonyl (C=O) groups is 1. The Labute approximate surface area is 117 Å². The topological polar surface area (TPSA) is 17.1 Å². The fraction of sp³-hybridized carbons (Fsp3) is 0.235. The van der Waals surface area contributed by atoms with E-state index in [1.54, 1.807) is 12.1 Å². The number of hydrogen-bond acceptors (Lipinski definition) is 1. The van der Waals surface area contributed by atoms with E-state index in [4.69, 9.17) is 0 Å². The standard InChI is InChI=1S/C17H16F2O/c1-2-12(13-3-7-15(18)8-4-13)11-17(20)14-5-9-16(19)10-6-14/h3-10,12H,2,11H2,1H3. The summed E-state index contributed by atoms with van der Waals surface area (Å²) in [7, 11) is 0. The molecule has 2 rings (SSSR count). The summed E-state index contributed by atoms with van der Waals surface area (Å²) < 4.78 is 25.8.